The van der Waals surface area contributed by atoms with Gasteiger partial charge in [0.15, 0.2) is 0 Å². The number of aryl methyl sites for hydroxylation is 1. The Labute approximate surface area is 194 Å². The zero-order chi connectivity index (χ0) is 23.6. The predicted octanol–water partition coefficient (Wildman–Crippen LogP) is 3.75. The van der Waals surface area contributed by atoms with Crippen LogP contribution in [0.4, 0.5) is 0 Å². The number of nitrogens with zero attached hydrogens (tertiary/aromatic N) is 3. The van der Waals surface area contributed by atoms with Crippen molar-refractivity contribution in [1.29, 1.82) is 0 Å². The Bertz CT molecular complexity index is 1380. The molecule has 33 heavy (non-hydrogen) atoms. The van der Waals surface area contributed by atoms with Gasteiger partial charge in [0.25, 0.3) is 5.71 Å². The molecule has 0 aliphatic carbocycles. The Morgan fingerprint density at radius 2 is 1.91 bits per heavy atom. The molecule has 0 aliphatic heterocycles. The molecule has 0 radical (unpaired) electrons. The van der Waals surface area contributed by atoms with Gasteiger partial charge in [-0.05, 0) is 48.7 Å². The number of hydrogen-bond acceptors (Lipinski definition) is 9. The van der Waals surface area contributed by atoms with Crippen LogP contribution in [0.3, 0.4) is 0 Å². The lowest BCUT2D eigenvalue weighted by atomic mass is 10.1. The van der Waals surface area contributed by atoms with Crippen LogP contribution in [-0.2, 0) is 14.8 Å². The van der Waals surface area contributed by atoms with Crippen LogP contribution in [0.1, 0.15) is 16.1 Å². The third-order valence-corrected chi connectivity index (χ3v) is 7.52. The van der Waals surface area contributed by atoms with E-state index in [1.54, 1.807) is 25.1 Å². The molecule has 3 aromatic heterocycles. The molecular weight excluding hydrogens is 466 g/mol. The molecule has 3 heterocycles. The lowest BCUT2D eigenvalue weighted by Crippen LogP contribution is -2.22. The fourth-order valence-corrected chi connectivity index (χ4v) is 4.68. The normalized spacial score (nSPS) is 11.8. The summed E-state index contributed by atoms with van der Waals surface area (Å²) in [6, 6.07) is 11.5. The van der Waals surface area contributed by atoms with Crippen molar-refractivity contribution in [2.45, 2.75) is 11.8 Å². The molecule has 0 atom stereocenters. The molecule has 0 bridgehead atoms. The van der Waals surface area contributed by atoms with Crippen LogP contribution >= 0.6 is 11.3 Å². The minimum atomic E-state index is -3.51. The highest BCUT2D eigenvalue weighted by molar-refractivity contribution is 7.89. The Morgan fingerprint density at radius 1 is 1.15 bits per heavy atom. The van der Waals surface area contributed by atoms with E-state index in [0.717, 1.165) is 9.18 Å². The molecule has 4 aromatic rings. The number of esters is 1. The number of aromatic nitrogens is 2. The van der Waals surface area contributed by atoms with Crippen molar-refractivity contribution in [2.24, 2.45) is 0 Å². The molecule has 0 amide bonds. The fourth-order valence-electron chi connectivity index (χ4n) is 3.10. The van der Waals surface area contributed by atoms with E-state index in [-0.39, 0.29) is 23.8 Å². The SMILES string of the molecule is Cc1noc2nc(-c3cccs3)cc(C(=O)OCCOc3ccc(S(=O)(=O)N(C)C)cc3)c12. The summed E-state index contributed by atoms with van der Waals surface area (Å²) in [6.45, 7) is 1.83. The molecule has 1 aromatic carbocycles. The molecule has 0 saturated carbocycles. The van der Waals surface area contributed by atoms with Crippen LogP contribution in [0, 0.1) is 6.92 Å². The Morgan fingerprint density at radius 3 is 2.58 bits per heavy atom. The molecule has 172 valence electrons. The Kier molecular flexibility index (Phi) is 6.45. The van der Waals surface area contributed by atoms with Gasteiger partial charge in [0.2, 0.25) is 10.0 Å². The Hall–Kier alpha value is -3.28. The first-order valence-corrected chi connectivity index (χ1v) is 12.2. The molecule has 0 saturated heterocycles. The molecular formula is C22H21N3O6S2. The van der Waals surface area contributed by atoms with E-state index in [0.29, 0.717) is 28.1 Å². The summed E-state index contributed by atoms with van der Waals surface area (Å²) in [4.78, 5) is 18.3. The number of benzene rings is 1. The molecule has 0 spiro atoms. The summed E-state index contributed by atoms with van der Waals surface area (Å²) in [5, 5.41) is 6.35. The maximum Gasteiger partial charge on any atom is 0.339 e. The third-order valence-electron chi connectivity index (χ3n) is 4.80. The first-order chi connectivity index (χ1) is 15.8. The van der Waals surface area contributed by atoms with Crippen molar-refractivity contribution in [3.63, 3.8) is 0 Å². The first kappa shape index (κ1) is 22.9. The first-order valence-electron chi connectivity index (χ1n) is 9.91. The van der Waals surface area contributed by atoms with Gasteiger partial charge in [-0.2, -0.15) is 0 Å². The van der Waals surface area contributed by atoms with Gasteiger partial charge in [0, 0.05) is 14.1 Å². The fraction of sp³-hybridized carbons (Fsp3) is 0.227. The maximum absolute atomic E-state index is 12.8. The lowest BCUT2D eigenvalue weighted by molar-refractivity contribution is 0.0452. The van der Waals surface area contributed by atoms with Crippen molar-refractivity contribution in [2.75, 3.05) is 27.3 Å². The second kappa shape index (κ2) is 9.30. The van der Waals surface area contributed by atoms with Crippen LogP contribution in [0.5, 0.6) is 5.75 Å². The predicted molar refractivity (Wildman–Crippen MR) is 123 cm³/mol. The summed E-state index contributed by atoms with van der Waals surface area (Å²) in [5.74, 6) is -0.0764. The van der Waals surface area contributed by atoms with Crippen molar-refractivity contribution in [3.05, 3.63) is 59.1 Å². The largest absolute Gasteiger partial charge is 0.490 e. The lowest BCUT2D eigenvalue weighted by Gasteiger charge is -2.12. The molecule has 0 N–H and O–H groups in total. The van der Waals surface area contributed by atoms with E-state index in [1.807, 2.05) is 17.5 Å². The average Bonchev–Trinajstić information content (AvgIpc) is 3.46. The zero-order valence-electron chi connectivity index (χ0n) is 18.1. The van der Waals surface area contributed by atoms with E-state index in [1.165, 1.54) is 37.6 Å². The number of ether oxygens (including phenoxy) is 2. The highest BCUT2D eigenvalue weighted by atomic mass is 32.2. The van der Waals surface area contributed by atoms with Crippen molar-refractivity contribution < 1.29 is 27.2 Å². The standard InChI is InChI=1S/C22H21N3O6S2/c1-14-20-17(13-18(19-5-4-12-32-19)23-21(20)31-24-14)22(26)30-11-10-29-15-6-8-16(9-7-15)33(27,28)25(2)3/h4-9,12-13H,10-11H2,1-3H3. The van der Waals surface area contributed by atoms with Crippen molar-refractivity contribution >= 4 is 38.4 Å². The van der Waals surface area contributed by atoms with E-state index in [9.17, 15) is 13.2 Å². The number of hydrogen-bond donors (Lipinski definition) is 0. The molecule has 4 rings (SSSR count). The number of thiophene rings is 1. The van der Waals surface area contributed by atoms with Crippen molar-refractivity contribution in [1.82, 2.24) is 14.4 Å². The number of pyridine rings is 1. The maximum atomic E-state index is 12.8. The van der Waals surface area contributed by atoms with E-state index < -0.39 is 16.0 Å². The minimum Gasteiger partial charge on any atom is -0.490 e. The van der Waals surface area contributed by atoms with Gasteiger partial charge in [-0.15, -0.1) is 11.3 Å². The quantitative estimate of drug-likeness (QED) is 0.273. The van der Waals surface area contributed by atoms with E-state index >= 15 is 0 Å². The highest BCUT2D eigenvalue weighted by Crippen LogP contribution is 2.29. The summed E-state index contributed by atoms with van der Waals surface area (Å²) in [5.41, 5.74) is 1.74. The van der Waals surface area contributed by atoms with Gasteiger partial charge in [-0.25, -0.2) is 22.5 Å². The summed E-state index contributed by atoms with van der Waals surface area (Å²) in [6.07, 6.45) is 0. The number of sulfonamides is 1. The monoisotopic (exact) mass is 487 g/mol. The zero-order valence-corrected chi connectivity index (χ0v) is 19.8. The molecule has 0 aliphatic rings. The summed E-state index contributed by atoms with van der Waals surface area (Å²) >= 11 is 1.50. The molecule has 0 unspecified atom stereocenters. The average molecular weight is 488 g/mol. The van der Waals surface area contributed by atoms with Crippen LogP contribution in [0.15, 0.2) is 57.3 Å². The number of carbonyl (C=O) groups is 1. The van der Waals surface area contributed by atoms with E-state index in [2.05, 4.69) is 10.1 Å². The topological polar surface area (TPSA) is 112 Å². The van der Waals surface area contributed by atoms with Gasteiger partial charge < -0.3 is 14.0 Å². The second-order valence-corrected chi connectivity index (χ2v) is 10.3. The van der Waals surface area contributed by atoms with E-state index in [4.69, 9.17) is 14.0 Å². The third kappa shape index (κ3) is 4.75. The highest BCUT2D eigenvalue weighted by Gasteiger charge is 2.21. The Balaban J connectivity index is 1.42. The van der Waals surface area contributed by atoms with Gasteiger partial charge in [0.05, 0.1) is 32.1 Å². The van der Waals surface area contributed by atoms with Crippen LogP contribution in [-0.4, -0.2) is 56.1 Å². The molecule has 0 fully saturated rings. The number of fused-ring (bicyclic) bond motifs is 1. The van der Waals surface area contributed by atoms with Crippen LogP contribution < -0.4 is 4.74 Å². The second-order valence-electron chi connectivity index (χ2n) is 7.22. The van der Waals surface area contributed by atoms with Crippen LogP contribution in [0.2, 0.25) is 0 Å². The summed E-state index contributed by atoms with van der Waals surface area (Å²) < 4.78 is 41.6. The molecule has 11 heteroatoms. The van der Waals surface area contributed by atoms with Gasteiger partial charge in [-0.1, -0.05) is 11.2 Å². The number of carbonyl (C=O) groups excluding carboxylic acids is 1. The minimum absolute atomic E-state index is 0.000932. The van der Waals surface area contributed by atoms with Crippen LogP contribution in [0.25, 0.3) is 21.7 Å². The smallest absolute Gasteiger partial charge is 0.339 e. The van der Waals surface area contributed by atoms with Gasteiger partial charge in [-0.3, -0.25) is 0 Å². The van der Waals surface area contributed by atoms with Gasteiger partial charge in [0.1, 0.15) is 19.0 Å². The number of rotatable bonds is 8. The molecule has 9 nitrogen and oxygen atoms in total. The van der Waals surface area contributed by atoms with Gasteiger partial charge >= 0.3 is 5.97 Å². The summed E-state index contributed by atoms with van der Waals surface area (Å²) in [7, 11) is -0.571. The van der Waals surface area contributed by atoms with Crippen molar-refractivity contribution in [3.8, 4) is 16.3 Å².